The summed E-state index contributed by atoms with van der Waals surface area (Å²) in [5, 5.41) is 3.43. The van der Waals surface area contributed by atoms with Crippen LogP contribution in [0.25, 0.3) is 0 Å². The minimum absolute atomic E-state index is 0.924. The monoisotopic (exact) mass is 210 g/mol. The smallest absolute Gasteiger partial charge is 0.107 e. The lowest BCUT2D eigenvalue weighted by Crippen LogP contribution is -2.21. The van der Waals surface area contributed by atoms with Gasteiger partial charge in [0.1, 0.15) is 5.76 Å². The Labute approximate surface area is 92.5 Å². The van der Waals surface area contributed by atoms with Crippen LogP contribution in [0, 0.1) is 0 Å². The van der Waals surface area contributed by atoms with Crippen molar-refractivity contribution in [1.29, 1.82) is 0 Å². The number of nitrogens with one attached hydrogen (secondary N) is 1. The zero-order chi connectivity index (χ0) is 11.1. The minimum Gasteiger partial charge on any atom is -0.469 e. The lowest BCUT2D eigenvalue weighted by molar-refractivity contribution is 0.394. The van der Waals surface area contributed by atoms with Gasteiger partial charge >= 0.3 is 0 Å². The average Bonchev–Trinajstić information content (AvgIpc) is 2.64. The maximum absolute atomic E-state index is 5.36. The summed E-state index contributed by atoms with van der Waals surface area (Å²) < 4.78 is 5.36. The molecule has 1 aromatic rings. The molecule has 0 spiro atoms. The maximum Gasteiger partial charge on any atom is 0.107 e. The highest BCUT2D eigenvalue weighted by molar-refractivity contribution is 5.16. The molecule has 0 aliphatic rings. The molecule has 1 aromatic heterocycles. The van der Waals surface area contributed by atoms with E-state index in [-0.39, 0.29) is 0 Å². The van der Waals surface area contributed by atoms with Crippen LogP contribution in [-0.2, 0) is 13.0 Å². The molecule has 86 valence electrons. The van der Waals surface area contributed by atoms with Crippen molar-refractivity contribution in [3.63, 3.8) is 0 Å². The van der Waals surface area contributed by atoms with Gasteiger partial charge in [-0.1, -0.05) is 6.92 Å². The van der Waals surface area contributed by atoms with Crippen molar-refractivity contribution >= 4 is 0 Å². The number of rotatable bonds is 7. The Hall–Kier alpha value is -0.800. The molecule has 0 aliphatic heterocycles. The SMILES string of the molecule is CCc1occc1CNCCCN(C)C. The third kappa shape index (κ3) is 4.49. The van der Waals surface area contributed by atoms with E-state index < -0.39 is 0 Å². The normalized spacial score (nSPS) is 11.2. The molecule has 0 atom stereocenters. The number of hydrogen-bond acceptors (Lipinski definition) is 3. The average molecular weight is 210 g/mol. The van der Waals surface area contributed by atoms with Crippen molar-refractivity contribution in [2.45, 2.75) is 26.3 Å². The van der Waals surface area contributed by atoms with E-state index in [2.05, 4.69) is 37.3 Å². The van der Waals surface area contributed by atoms with E-state index in [9.17, 15) is 0 Å². The van der Waals surface area contributed by atoms with Crippen molar-refractivity contribution in [3.8, 4) is 0 Å². The van der Waals surface area contributed by atoms with Crippen molar-refractivity contribution in [3.05, 3.63) is 23.7 Å². The van der Waals surface area contributed by atoms with Crippen LogP contribution in [0.15, 0.2) is 16.7 Å². The van der Waals surface area contributed by atoms with Gasteiger partial charge in [0, 0.05) is 18.5 Å². The van der Waals surface area contributed by atoms with Crippen LogP contribution in [0.2, 0.25) is 0 Å². The van der Waals surface area contributed by atoms with Crippen molar-refractivity contribution in [1.82, 2.24) is 10.2 Å². The van der Waals surface area contributed by atoms with Gasteiger partial charge in [0.15, 0.2) is 0 Å². The summed E-state index contributed by atoms with van der Waals surface area (Å²) in [7, 11) is 4.20. The Morgan fingerprint density at radius 1 is 1.40 bits per heavy atom. The molecule has 0 radical (unpaired) electrons. The molecule has 3 heteroatoms. The van der Waals surface area contributed by atoms with Crippen LogP contribution >= 0.6 is 0 Å². The summed E-state index contributed by atoms with van der Waals surface area (Å²) in [6, 6.07) is 2.05. The third-order valence-electron chi connectivity index (χ3n) is 2.43. The van der Waals surface area contributed by atoms with Crippen LogP contribution in [0.3, 0.4) is 0 Å². The second-order valence-corrected chi connectivity index (χ2v) is 4.06. The molecule has 0 unspecified atom stereocenters. The van der Waals surface area contributed by atoms with Gasteiger partial charge in [-0.25, -0.2) is 0 Å². The van der Waals surface area contributed by atoms with Crippen LogP contribution < -0.4 is 5.32 Å². The van der Waals surface area contributed by atoms with E-state index in [0.717, 1.165) is 31.8 Å². The second-order valence-electron chi connectivity index (χ2n) is 4.06. The molecule has 0 aliphatic carbocycles. The van der Waals surface area contributed by atoms with E-state index >= 15 is 0 Å². The fourth-order valence-electron chi connectivity index (χ4n) is 1.58. The topological polar surface area (TPSA) is 28.4 Å². The first kappa shape index (κ1) is 12.3. The summed E-state index contributed by atoms with van der Waals surface area (Å²) in [6.45, 7) is 5.24. The predicted molar refractivity (Wildman–Crippen MR) is 63.0 cm³/mol. The van der Waals surface area contributed by atoms with Gasteiger partial charge in [-0.3, -0.25) is 0 Å². The van der Waals surface area contributed by atoms with Crippen molar-refractivity contribution in [2.75, 3.05) is 27.2 Å². The Morgan fingerprint density at radius 2 is 2.20 bits per heavy atom. The first-order valence-electron chi connectivity index (χ1n) is 5.64. The largest absolute Gasteiger partial charge is 0.469 e. The molecule has 0 saturated heterocycles. The van der Waals surface area contributed by atoms with E-state index in [1.807, 2.05) is 0 Å². The van der Waals surface area contributed by atoms with Gasteiger partial charge in [0.25, 0.3) is 0 Å². The van der Waals surface area contributed by atoms with Crippen molar-refractivity contribution in [2.24, 2.45) is 0 Å². The summed E-state index contributed by atoms with van der Waals surface area (Å²) in [5.41, 5.74) is 1.29. The van der Waals surface area contributed by atoms with Gasteiger partial charge in [-0.05, 0) is 39.7 Å². The zero-order valence-corrected chi connectivity index (χ0v) is 10.0. The summed E-state index contributed by atoms with van der Waals surface area (Å²) in [4.78, 5) is 2.21. The molecular weight excluding hydrogens is 188 g/mol. The zero-order valence-electron chi connectivity index (χ0n) is 10.0. The van der Waals surface area contributed by atoms with Gasteiger partial charge < -0.3 is 14.6 Å². The minimum atomic E-state index is 0.924. The van der Waals surface area contributed by atoms with Crippen LogP contribution in [0.5, 0.6) is 0 Å². The van der Waals surface area contributed by atoms with E-state index in [4.69, 9.17) is 4.42 Å². The highest BCUT2D eigenvalue weighted by Gasteiger charge is 2.02. The molecule has 0 amide bonds. The predicted octanol–water partition coefficient (Wildman–Crippen LogP) is 1.88. The lowest BCUT2D eigenvalue weighted by atomic mass is 10.2. The summed E-state index contributed by atoms with van der Waals surface area (Å²) >= 11 is 0. The molecule has 15 heavy (non-hydrogen) atoms. The molecule has 0 bridgehead atoms. The Morgan fingerprint density at radius 3 is 2.87 bits per heavy atom. The third-order valence-corrected chi connectivity index (χ3v) is 2.43. The maximum atomic E-state index is 5.36. The summed E-state index contributed by atoms with van der Waals surface area (Å²) in [6.07, 6.45) is 3.93. The molecule has 1 rings (SSSR count). The molecular formula is C12H22N2O. The van der Waals surface area contributed by atoms with Gasteiger partial charge in [0.05, 0.1) is 6.26 Å². The molecule has 0 aromatic carbocycles. The first-order valence-corrected chi connectivity index (χ1v) is 5.64. The Balaban J connectivity index is 2.15. The molecule has 3 nitrogen and oxygen atoms in total. The van der Waals surface area contributed by atoms with Gasteiger partial charge in [-0.2, -0.15) is 0 Å². The molecule has 1 heterocycles. The van der Waals surface area contributed by atoms with E-state index in [0.29, 0.717) is 0 Å². The molecule has 0 fully saturated rings. The number of aryl methyl sites for hydroxylation is 1. The van der Waals surface area contributed by atoms with Gasteiger partial charge in [0.2, 0.25) is 0 Å². The fourth-order valence-corrected chi connectivity index (χ4v) is 1.58. The Bertz CT molecular complexity index is 268. The van der Waals surface area contributed by atoms with Crippen LogP contribution in [0.1, 0.15) is 24.7 Å². The number of nitrogens with zero attached hydrogens (tertiary/aromatic N) is 1. The van der Waals surface area contributed by atoms with Crippen LogP contribution in [0.4, 0.5) is 0 Å². The lowest BCUT2D eigenvalue weighted by Gasteiger charge is -2.09. The standard InChI is InChI=1S/C12H22N2O/c1-4-12-11(6-9-15-12)10-13-7-5-8-14(2)3/h6,9,13H,4-5,7-8,10H2,1-3H3. The quantitative estimate of drug-likeness (QED) is 0.697. The van der Waals surface area contributed by atoms with Crippen LogP contribution in [-0.4, -0.2) is 32.1 Å². The van der Waals surface area contributed by atoms with E-state index in [1.165, 1.54) is 12.0 Å². The second kappa shape index (κ2) is 6.64. The highest BCUT2D eigenvalue weighted by Crippen LogP contribution is 2.10. The first-order chi connectivity index (χ1) is 7.24. The highest BCUT2D eigenvalue weighted by atomic mass is 16.3. The Kier molecular flexibility index (Phi) is 5.43. The number of furan rings is 1. The van der Waals surface area contributed by atoms with Gasteiger partial charge in [-0.15, -0.1) is 0 Å². The fraction of sp³-hybridized carbons (Fsp3) is 0.667. The number of hydrogen-bond donors (Lipinski definition) is 1. The van der Waals surface area contributed by atoms with Crippen molar-refractivity contribution < 1.29 is 4.42 Å². The molecule has 0 saturated carbocycles. The molecule has 1 N–H and O–H groups in total. The van der Waals surface area contributed by atoms with E-state index in [1.54, 1.807) is 6.26 Å². The summed E-state index contributed by atoms with van der Waals surface area (Å²) in [5.74, 6) is 1.11.